The summed E-state index contributed by atoms with van der Waals surface area (Å²) in [5.41, 5.74) is 5.57. The van der Waals surface area contributed by atoms with Gasteiger partial charge in [-0.05, 0) is 45.6 Å². The zero-order valence-electron chi connectivity index (χ0n) is 9.82. The molecule has 2 N–H and O–H groups in total. The van der Waals surface area contributed by atoms with Crippen molar-refractivity contribution in [2.24, 2.45) is 5.73 Å². The Morgan fingerprint density at radius 3 is 3.13 bits per heavy atom. The Bertz CT molecular complexity index is 198. The van der Waals surface area contributed by atoms with Crippen molar-refractivity contribution in [1.82, 2.24) is 4.90 Å². The molecule has 1 aliphatic carbocycles. The molecule has 3 unspecified atom stereocenters. The summed E-state index contributed by atoms with van der Waals surface area (Å²) in [5.74, 6) is 0. The van der Waals surface area contributed by atoms with Crippen molar-refractivity contribution < 1.29 is 4.74 Å². The van der Waals surface area contributed by atoms with Crippen LogP contribution in [0.1, 0.15) is 39.0 Å². The summed E-state index contributed by atoms with van der Waals surface area (Å²) in [5, 5.41) is 0. The molecule has 3 nitrogen and oxygen atoms in total. The number of nitrogens with zero attached hydrogens (tertiary/aromatic N) is 1. The Morgan fingerprint density at radius 1 is 1.47 bits per heavy atom. The molecule has 3 atom stereocenters. The molecule has 2 fully saturated rings. The quantitative estimate of drug-likeness (QED) is 0.765. The van der Waals surface area contributed by atoms with Crippen LogP contribution in [0.15, 0.2) is 0 Å². The van der Waals surface area contributed by atoms with Gasteiger partial charge in [-0.3, -0.25) is 4.90 Å². The lowest BCUT2D eigenvalue weighted by molar-refractivity contribution is -0.0702. The molecule has 0 aromatic heterocycles. The molecule has 0 aromatic carbocycles. The summed E-state index contributed by atoms with van der Waals surface area (Å²) in [6, 6.07) is 1.38. The van der Waals surface area contributed by atoms with E-state index < -0.39 is 0 Å². The summed E-state index contributed by atoms with van der Waals surface area (Å²) in [6.07, 6.45) is 6.85. The number of hydrogen-bond donors (Lipinski definition) is 1. The Labute approximate surface area is 93.0 Å². The molecule has 0 spiro atoms. The van der Waals surface area contributed by atoms with Crippen LogP contribution in [-0.2, 0) is 4.74 Å². The lowest BCUT2D eigenvalue weighted by Gasteiger charge is -2.41. The van der Waals surface area contributed by atoms with Gasteiger partial charge in [-0.2, -0.15) is 0 Å². The first-order valence-corrected chi connectivity index (χ1v) is 6.40. The minimum Gasteiger partial charge on any atom is -0.375 e. The van der Waals surface area contributed by atoms with Crippen LogP contribution in [0.2, 0.25) is 0 Å². The lowest BCUT2D eigenvalue weighted by Crippen LogP contribution is -2.52. The van der Waals surface area contributed by atoms with Crippen LogP contribution in [0.3, 0.4) is 0 Å². The van der Waals surface area contributed by atoms with E-state index in [4.69, 9.17) is 10.5 Å². The number of ether oxygens (including phenoxy) is 1. The van der Waals surface area contributed by atoms with Crippen LogP contribution in [0.5, 0.6) is 0 Å². The first kappa shape index (κ1) is 11.4. The lowest BCUT2D eigenvalue weighted by atomic mass is 10.0. The van der Waals surface area contributed by atoms with Crippen molar-refractivity contribution >= 4 is 0 Å². The average molecular weight is 212 g/mol. The van der Waals surface area contributed by atoms with Gasteiger partial charge in [0.2, 0.25) is 0 Å². The molecule has 0 bridgehead atoms. The van der Waals surface area contributed by atoms with E-state index in [9.17, 15) is 0 Å². The van der Waals surface area contributed by atoms with E-state index in [-0.39, 0.29) is 0 Å². The van der Waals surface area contributed by atoms with Crippen LogP contribution in [0, 0.1) is 0 Å². The molecule has 3 heteroatoms. The Morgan fingerprint density at radius 2 is 2.33 bits per heavy atom. The van der Waals surface area contributed by atoms with E-state index >= 15 is 0 Å². The zero-order valence-corrected chi connectivity index (χ0v) is 9.82. The van der Waals surface area contributed by atoms with Crippen molar-refractivity contribution in [3.63, 3.8) is 0 Å². The fourth-order valence-electron chi connectivity index (χ4n) is 3.08. The van der Waals surface area contributed by atoms with Crippen molar-refractivity contribution in [1.29, 1.82) is 0 Å². The Balaban J connectivity index is 1.89. The van der Waals surface area contributed by atoms with E-state index in [0.29, 0.717) is 18.2 Å². The number of morpholine rings is 1. The number of hydrogen-bond acceptors (Lipinski definition) is 3. The highest BCUT2D eigenvalue weighted by atomic mass is 16.5. The largest absolute Gasteiger partial charge is 0.375 e. The van der Waals surface area contributed by atoms with Gasteiger partial charge in [0.1, 0.15) is 0 Å². The maximum atomic E-state index is 5.82. The first-order valence-electron chi connectivity index (χ1n) is 6.40. The number of fused-ring (bicyclic) bond motifs is 1. The van der Waals surface area contributed by atoms with Crippen LogP contribution in [-0.4, -0.2) is 42.8 Å². The fourth-order valence-corrected chi connectivity index (χ4v) is 3.08. The molecule has 1 aliphatic heterocycles. The number of nitrogens with two attached hydrogens (primary N) is 1. The van der Waals surface area contributed by atoms with Gasteiger partial charge < -0.3 is 10.5 Å². The van der Waals surface area contributed by atoms with Gasteiger partial charge in [0.25, 0.3) is 0 Å². The standard InChI is InChI=1S/C12H24N2O/c1-10(4-3-7-13)14-8-9-15-12-6-2-5-11(12)14/h10-12H,2-9,13H2,1H3. The van der Waals surface area contributed by atoms with Crippen LogP contribution in [0.4, 0.5) is 0 Å². The maximum Gasteiger partial charge on any atom is 0.0731 e. The monoisotopic (exact) mass is 212 g/mol. The van der Waals surface area contributed by atoms with E-state index in [2.05, 4.69) is 11.8 Å². The highest BCUT2D eigenvalue weighted by molar-refractivity contribution is 4.91. The minimum atomic E-state index is 0.527. The summed E-state index contributed by atoms with van der Waals surface area (Å²) in [6.45, 7) is 5.21. The van der Waals surface area contributed by atoms with Gasteiger partial charge in [-0.25, -0.2) is 0 Å². The van der Waals surface area contributed by atoms with Crippen LogP contribution < -0.4 is 5.73 Å². The second-order valence-electron chi connectivity index (χ2n) is 4.93. The molecule has 2 rings (SSSR count). The zero-order chi connectivity index (χ0) is 10.7. The van der Waals surface area contributed by atoms with Gasteiger partial charge >= 0.3 is 0 Å². The molecular formula is C12H24N2O. The van der Waals surface area contributed by atoms with Gasteiger partial charge in [0.15, 0.2) is 0 Å². The molecule has 0 aromatic rings. The molecule has 0 radical (unpaired) electrons. The van der Waals surface area contributed by atoms with E-state index in [1.165, 1.54) is 25.7 Å². The van der Waals surface area contributed by atoms with Crippen molar-refractivity contribution in [2.75, 3.05) is 19.7 Å². The summed E-state index contributed by atoms with van der Waals surface area (Å²) in [4.78, 5) is 2.66. The van der Waals surface area contributed by atoms with Gasteiger partial charge in [-0.1, -0.05) is 0 Å². The van der Waals surface area contributed by atoms with Crippen molar-refractivity contribution in [3.8, 4) is 0 Å². The summed E-state index contributed by atoms with van der Waals surface area (Å²) >= 11 is 0. The highest BCUT2D eigenvalue weighted by Gasteiger charge is 2.37. The highest BCUT2D eigenvalue weighted by Crippen LogP contribution is 2.31. The molecule has 0 amide bonds. The predicted octanol–water partition coefficient (Wildman–Crippen LogP) is 1.37. The third-order valence-electron chi connectivity index (χ3n) is 3.92. The molecular weight excluding hydrogens is 188 g/mol. The van der Waals surface area contributed by atoms with Gasteiger partial charge in [-0.15, -0.1) is 0 Å². The van der Waals surface area contributed by atoms with Crippen molar-refractivity contribution in [3.05, 3.63) is 0 Å². The first-order chi connectivity index (χ1) is 7.33. The van der Waals surface area contributed by atoms with Gasteiger partial charge in [0, 0.05) is 18.6 Å². The van der Waals surface area contributed by atoms with Gasteiger partial charge in [0.05, 0.1) is 12.7 Å². The van der Waals surface area contributed by atoms with E-state index in [1.807, 2.05) is 0 Å². The van der Waals surface area contributed by atoms with E-state index in [0.717, 1.165) is 26.1 Å². The third kappa shape index (κ3) is 2.52. The SMILES string of the molecule is CC(CCCN)N1CCOC2CCCC21. The maximum absolute atomic E-state index is 5.82. The second-order valence-corrected chi connectivity index (χ2v) is 4.93. The second kappa shape index (κ2) is 5.28. The summed E-state index contributed by atoms with van der Waals surface area (Å²) < 4.78 is 5.82. The number of rotatable bonds is 4. The van der Waals surface area contributed by atoms with E-state index in [1.54, 1.807) is 0 Å². The molecule has 1 saturated heterocycles. The molecule has 1 saturated carbocycles. The normalized spacial score (nSPS) is 34.0. The fraction of sp³-hybridized carbons (Fsp3) is 1.00. The van der Waals surface area contributed by atoms with Crippen LogP contribution in [0.25, 0.3) is 0 Å². The molecule has 2 aliphatic rings. The Hall–Kier alpha value is -0.120. The topological polar surface area (TPSA) is 38.5 Å². The summed E-state index contributed by atoms with van der Waals surface area (Å²) in [7, 11) is 0. The molecule has 1 heterocycles. The van der Waals surface area contributed by atoms with Crippen LogP contribution >= 0.6 is 0 Å². The van der Waals surface area contributed by atoms with Crippen molar-refractivity contribution in [2.45, 2.75) is 57.2 Å². The Kier molecular flexibility index (Phi) is 4.00. The predicted molar refractivity (Wildman–Crippen MR) is 61.8 cm³/mol. The third-order valence-corrected chi connectivity index (χ3v) is 3.92. The molecule has 15 heavy (non-hydrogen) atoms. The minimum absolute atomic E-state index is 0.527. The average Bonchev–Trinajstić information content (AvgIpc) is 2.73. The molecule has 88 valence electrons. The smallest absolute Gasteiger partial charge is 0.0731 e.